The monoisotopic (exact) mass is 527 g/mol. The molecule has 2 aliphatic heterocycles. The smallest absolute Gasteiger partial charge is 0.310 e. The fourth-order valence-corrected chi connectivity index (χ4v) is 7.72. The fraction of sp³-hybridized carbons (Fsp3) is 0.423. The van der Waals surface area contributed by atoms with Crippen LogP contribution in [0.4, 0.5) is 10.1 Å². The molecule has 9 nitrogen and oxygen atoms in total. The zero-order valence-electron chi connectivity index (χ0n) is 20.5. The van der Waals surface area contributed by atoms with E-state index in [0.29, 0.717) is 37.1 Å². The Hall–Kier alpha value is -3.31. The molecule has 0 saturated carbocycles. The second-order valence-electron chi connectivity index (χ2n) is 9.85. The Labute approximate surface area is 215 Å². The third-order valence-electron chi connectivity index (χ3n) is 7.64. The number of hydrogen-bond donors (Lipinski definition) is 1. The molecule has 2 fully saturated rings. The lowest BCUT2D eigenvalue weighted by atomic mass is 9.91. The van der Waals surface area contributed by atoms with Gasteiger partial charge in [0.1, 0.15) is 23.7 Å². The number of aromatic nitrogens is 3. The number of sulfonamides is 1. The minimum atomic E-state index is -3.68. The lowest BCUT2D eigenvalue weighted by Crippen LogP contribution is -2.45. The standard InChI is InChI=1S/C26H30FN5O4S/c1-18-7-10-25(19-5-3-2-4-6-19)37(35,36)32(18)14-20-8-9-21(13-23(20)27)30-12-11-24(22(15-30)26(33)34)31-16-28-29-17-31/h2-6,8-9,13,16-18,22,24-25H,7,10-12,14-15H2,1H3,(H,33,34)/t18-,22-,24+,25+/m0/s1. The minimum Gasteiger partial charge on any atom is -0.481 e. The quantitative estimate of drug-likeness (QED) is 0.522. The van der Waals surface area contributed by atoms with Crippen molar-refractivity contribution >= 4 is 21.7 Å². The normalized spacial score (nSPS) is 26.2. The molecule has 0 spiro atoms. The van der Waals surface area contributed by atoms with Gasteiger partial charge < -0.3 is 14.6 Å². The Morgan fingerprint density at radius 3 is 2.49 bits per heavy atom. The van der Waals surface area contributed by atoms with Crippen molar-refractivity contribution in [3.8, 4) is 0 Å². The molecule has 1 aromatic heterocycles. The van der Waals surface area contributed by atoms with Crippen LogP contribution in [0.5, 0.6) is 0 Å². The molecule has 0 radical (unpaired) electrons. The number of piperidine rings is 1. The van der Waals surface area contributed by atoms with Crippen molar-refractivity contribution in [2.75, 3.05) is 18.0 Å². The second-order valence-corrected chi connectivity index (χ2v) is 11.9. The zero-order valence-corrected chi connectivity index (χ0v) is 21.3. The van der Waals surface area contributed by atoms with Crippen molar-refractivity contribution in [2.45, 2.75) is 50.1 Å². The molecular formula is C26H30FN5O4S. The van der Waals surface area contributed by atoms with E-state index in [2.05, 4.69) is 10.2 Å². The first-order valence-electron chi connectivity index (χ1n) is 12.4. The molecule has 2 aromatic carbocycles. The third kappa shape index (κ3) is 4.97. The number of carboxylic acid groups (broad SMARTS) is 1. The van der Waals surface area contributed by atoms with Gasteiger partial charge in [-0.2, -0.15) is 4.31 Å². The molecule has 0 amide bonds. The van der Waals surface area contributed by atoms with Gasteiger partial charge in [-0.25, -0.2) is 12.8 Å². The average Bonchev–Trinajstić information content (AvgIpc) is 3.42. The van der Waals surface area contributed by atoms with Crippen molar-refractivity contribution in [2.24, 2.45) is 5.92 Å². The van der Waals surface area contributed by atoms with E-state index in [1.807, 2.05) is 42.2 Å². The first kappa shape index (κ1) is 25.3. The summed E-state index contributed by atoms with van der Waals surface area (Å²) in [5.74, 6) is -2.14. The molecule has 0 unspecified atom stereocenters. The molecule has 3 aromatic rings. The molecule has 196 valence electrons. The number of benzene rings is 2. The van der Waals surface area contributed by atoms with Crippen molar-refractivity contribution in [1.82, 2.24) is 19.1 Å². The van der Waals surface area contributed by atoms with Crippen LogP contribution in [0.1, 0.15) is 48.6 Å². The Kier molecular flexibility index (Phi) is 7.00. The largest absolute Gasteiger partial charge is 0.481 e. The van der Waals surface area contributed by atoms with Gasteiger partial charge in [-0.05, 0) is 43.9 Å². The van der Waals surface area contributed by atoms with Crippen LogP contribution >= 0.6 is 0 Å². The predicted molar refractivity (Wildman–Crippen MR) is 136 cm³/mol. The highest BCUT2D eigenvalue weighted by Crippen LogP contribution is 2.38. The van der Waals surface area contributed by atoms with Crippen molar-refractivity contribution in [3.63, 3.8) is 0 Å². The lowest BCUT2D eigenvalue weighted by Gasteiger charge is -2.38. The van der Waals surface area contributed by atoms with Gasteiger partial charge >= 0.3 is 5.97 Å². The van der Waals surface area contributed by atoms with E-state index in [9.17, 15) is 18.3 Å². The van der Waals surface area contributed by atoms with Gasteiger partial charge in [0.05, 0.1) is 12.0 Å². The first-order valence-corrected chi connectivity index (χ1v) is 13.9. The van der Waals surface area contributed by atoms with E-state index < -0.39 is 33.0 Å². The molecule has 11 heteroatoms. The minimum absolute atomic E-state index is 0.0492. The van der Waals surface area contributed by atoms with Crippen LogP contribution in [0, 0.1) is 11.7 Å². The predicted octanol–water partition coefficient (Wildman–Crippen LogP) is 3.62. The molecule has 5 rings (SSSR count). The van der Waals surface area contributed by atoms with Gasteiger partial charge in [-0.3, -0.25) is 4.79 Å². The number of halogens is 1. The molecule has 1 N–H and O–H groups in total. The molecule has 2 saturated heterocycles. The summed E-state index contributed by atoms with van der Waals surface area (Å²) in [6.45, 7) is 2.57. The summed E-state index contributed by atoms with van der Waals surface area (Å²) in [4.78, 5) is 13.8. The summed E-state index contributed by atoms with van der Waals surface area (Å²) in [5.41, 5.74) is 1.62. The Bertz CT molecular complexity index is 1350. The Morgan fingerprint density at radius 1 is 1.08 bits per heavy atom. The van der Waals surface area contributed by atoms with Crippen LogP contribution in [0.15, 0.2) is 61.2 Å². The molecule has 4 atom stereocenters. The van der Waals surface area contributed by atoms with Crippen molar-refractivity contribution in [1.29, 1.82) is 0 Å². The van der Waals surface area contributed by atoms with Gasteiger partial charge in [0.25, 0.3) is 0 Å². The van der Waals surface area contributed by atoms with E-state index in [1.54, 1.807) is 16.7 Å². The Morgan fingerprint density at radius 2 is 1.81 bits per heavy atom. The van der Waals surface area contributed by atoms with E-state index in [0.717, 1.165) is 5.56 Å². The van der Waals surface area contributed by atoms with Crippen LogP contribution in [-0.2, 0) is 21.4 Å². The molecule has 0 bridgehead atoms. The number of carboxylic acids is 1. The molecule has 2 aliphatic rings. The summed E-state index contributed by atoms with van der Waals surface area (Å²) < 4.78 is 45.5. The van der Waals surface area contributed by atoms with E-state index in [-0.39, 0.29) is 25.2 Å². The van der Waals surface area contributed by atoms with Crippen molar-refractivity contribution in [3.05, 3.63) is 78.1 Å². The molecule has 0 aliphatic carbocycles. The van der Waals surface area contributed by atoms with Gasteiger partial charge in [-0.15, -0.1) is 10.2 Å². The number of aliphatic carboxylic acids is 1. The molecular weight excluding hydrogens is 497 g/mol. The third-order valence-corrected chi connectivity index (χ3v) is 10.0. The summed E-state index contributed by atoms with van der Waals surface area (Å²) in [6, 6.07) is 13.4. The highest BCUT2D eigenvalue weighted by Gasteiger charge is 2.41. The SMILES string of the molecule is C[C@H]1CC[C@H](c2ccccc2)S(=O)(=O)N1Cc1ccc(N2CC[C@@H](n3cnnc3)[C@@H](C(=O)O)C2)cc1F. The number of carbonyl (C=O) groups is 1. The van der Waals surface area contributed by atoms with Crippen LogP contribution in [-0.4, -0.2) is 57.7 Å². The zero-order chi connectivity index (χ0) is 26.2. The Balaban J connectivity index is 1.34. The second kappa shape index (κ2) is 10.2. The van der Waals surface area contributed by atoms with Gasteiger partial charge in [-0.1, -0.05) is 36.4 Å². The maximum atomic E-state index is 15.3. The van der Waals surface area contributed by atoms with E-state index in [1.165, 1.54) is 23.0 Å². The van der Waals surface area contributed by atoms with Crippen LogP contribution in [0.25, 0.3) is 0 Å². The van der Waals surface area contributed by atoms with Crippen LogP contribution in [0.2, 0.25) is 0 Å². The number of nitrogens with zero attached hydrogens (tertiary/aromatic N) is 5. The van der Waals surface area contributed by atoms with E-state index >= 15 is 4.39 Å². The summed E-state index contributed by atoms with van der Waals surface area (Å²) in [5, 5.41) is 16.7. The van der Waals surface area contributed by atoms with Gasteiger partial charge in [0.15, 0.2) is 0 Å². The number of anilines is 1. The highest BCUT2D eigenvalue weighted by atomic mass is 32.2. The van der Waals surface area contributed by atoms with Crippen LogP contribution < -0.4 is 4.90 Å². The molecule has 37 heavy (non-hydrogen) atoms. The van der Waals surface area contributed by atoms with Crippen molar-refractivity contribution < 1.29 is 22.7 Å². The maximum absolute atomic E-state index is 15.3. The van der Waals surface area contributed by atoms with Crippen LogP contribution in [0.3, 0.4) is 0 Å². The van der Waals surface area contributed by atoms with Gasteiger partial charge in [0, 0.05) is 36.9 Å². The fourth-order valence-electron chi connectivity index (χ4n) is 5.53. The number of hydrogen-bond acceptors (Lipinski definition) is 6. The highest BCUT2D eigenvalue weighted by molar-refractivity contribution is 7.89. The first-order chi connectivity index (χ1) is 17.8. The van der Waals surface area contributed by atoms with E-state index in [4.69, 9.17) is 0 Å². The lowest BCUT2D eigenvalue weighted by molar-refractivity contribution is -0.143. The topological polar surface area (TPSA) is 109 Å². The van der Waals surface area contributed by atoms with Gasteiger partial charge in [0.2, 0.25) is 10.0 Å². The molecule has 3 heterocycles. The average molecular weight is 528 g/mol. The summed E-state index contributed by atoms with van der Waals surface area (Å²) in [7, 11) is -3.68. The summed E-state index contributed by atoms with van der Waals surface area (Å²) >= 11 is 0. The summed E-state index contributed by atoms with van der Waals surface area (Å²) in [6.07, 6.45) is 4.80. The maximum Gasteiger partial charge on any atom is 0.310 e. The number of rotatable bonds is 6.